The first-order valence-corrected chi connectivity index (χ1v) is 5.84. The number of aliphatic carboxylic acids is 1. The van der Waals surface area contributed by atoms with Gasteiger partial charge in [-0.1, -0.05) is 24.6 Å². The third-order valence-electron chi connectivity index (χ3n) is 3.98. The van der Waals surface area contributed by atoms with E-state index in [0.29, 0.717) is 0 Å². The van der Waals surface area contributed by atoms with E-state index < -0.39 is 5.97 Å². The SMILES string of the molecule is Cc1cccc(C2(CC(=O)O)CCC2)c1C. The van der Waals surface area contributed by atoms with Crippen molar-refractivity contribution in [1.82, 2.24) is 0 Å². The van der Waals surface area contributed by atoms with Gasteiger partial charge in [0.15, 0.2) is 0 Å². The normalized spacial score (nSPS) is 17.9. The highest BCUT2D eigenvalue weighted by Crippen LogP contribution is 2.47. The van der Waals surface area contributed by atoms with Crippen LogP contribution in [-0.2, 0) is 10.2 Å². The summed E-state index contributed by atoms with van der Waals surface area (Å²) >= 11 is 0. The van der Waals surface area contributed by atoms with Crippen molar-refractivity contribution in [2.75, 3.05) is 0 Å². The van der Waals surface area contributed by atoms with E-state index in [1.54, 1.807) is 0 Å². The van der Waals surface area contributed by atoms with E-state index in [0.717, 1.165) is 19.3 Å². The van der Waals surface area contributed by atoms with Crippen LogP contribution in [-0.4, -0.2) is 11.1 Å². The van der Waals surface area contributed by atoms with E-state index in [9.17, 15) is 4.79 Å². The molecule has 2 heteroatoms. The Morgan fingerprint density at radius 2 is 2.06 bits per heavy atom. The number of hydrogen-bond acceptors (Lipinski definition) is 1. The second-order valence-electron chi connectivity index (χ2n) is 4.95. The molecular formula is C14H18O2. The standard InChI is InChI=1S/C14H18O2/c1-10-5-3-6-12(11(10)2)14(7-4-8-14)9-13(15)16/h3,5-6H,4,7-9H2,1-2H3,(H,15,16). The topological polar surface area (TPSA) is 37.3 Å². The molecule has 1 aromatic rings. The Hall–Kier alpha value is -1.31. The number of benzene rings is 1. The van der Waals surface area contributed by atoms with Crippen molar-refractivity contribution in [3.8, 4) is 0 Å². The number of rotatable bonds is 3. The third kappa shape index (κ3) is 1.73. The van der Waals surface area contributed by atoms with E-state index in [1.165, 1.54) is 16.7 Å². The Balaban J connectivity index is 2.40. The van der Waals surface area contributed by atoms with E-state index in [1.807, 2.05) is 6.07 Å². The fraction of sp³-hybridized carbons (Fsp3) is 0.500. The van der Waals surface area contributed by atoms with Crippen molar-refractivity contribution >= 4 is 5.97 Å². The molecule has 0 radical (unpaired) electrons. The molecular weight excluding hydrogens is 200 g/mol. The van der Waals surface area contributed by atoms with Crippen LogP contribution in [0.1, 0.15) is 42.4 Å². The molecule has 1 aliphatic rings. The lowest BCUT2D eigenvalue weighted by atomic mass is 9.61. The summed E-state index contributed by atoms with van der Waals surface area (Å²) in [6, 6.07) is 6.23. The molecule has 1 saturated carbocycles. The fourth-order valence-electron chi connectivity index (χ4n) is 2.76. The maximum atomic E-state index is 11.0. The summed E-state index contributed by atoms with van der Waals surface area (Å²) in [4.78, 5) is 11.0. The zero-order valence-electron chi connectivity index (χ0n) is 9.92. The summed E-state index contributed by atoms with van der Waals surface area (Å²) < 4.78 is 0. The number of carboxylic acid groups (broad SMARTS) is 1. The third-order valence-corrected chi connectivity index (χ3v) is 3.98. The quantitative estimate of drug-likeness (QED) is 0.845. The second kappa shape index (κ2) is 3.93. The number of carbonyl (C=O) groups is 1. The molecule has 16 heavy (non-hydrogen) atoms. The molecule has 0 atom stereocenters. The van der Waals surface area contributed by atoms with Gasteiger partial charge in [0.25, 0.3) is 0 Å². The van der Waals surface area contributed by atoms with Crippen LogP contribution in [0.25, 0.3) is 0 Å². The average Bonchev–Trinajstić information content (AvgIpc) is 2.16. The van der Waals surface area contributed by atoms with Gasteiger partial charge in [-0.25, -0.2) is 0 Å². The van der Waals surface area contributed by atoms with E-state index in [4.69, 9.17) is 5.11 Å². The van der Waals surface area contributed by atoms with Crippen LogP contribution in [0.5, 0.6) is 0 Å². The first-order chi connectivity index (χ1) is 7.55. The van der Waals surface area contributed by atoms with Crippen molar-refractivity contribution < 1.29 is 9.90 Å². The van der Waals surface area contributed by atoms with Crippen LogP contribution in [0.2, 0.25) is 0 Å². The first kappa shape index (κ1) is 11.2. The fourth-order valence-corrected chi connectivity index (χ4v) is 2.76. The van der Waals surface area contributed by atoms with Crippen LogP contribution in [0.3, 0.4) is 0 Å². The van der Waals surface area contributed by atoms with Crippen LogP contribution < -0.4 is 0 Å². The van der Waals surface area contributed by atoms with Crippen molar-refractivity contribution in [1.29, 1.82) is 0 Å². The van der Waals surface area contributed by atoms with E-state index in [2.05, 4.69) is 26.0 Å². The lowest BCUT2D eigenvalue weighted by Crippen LogP contribution is -2.37. The number of aryl methyl sites for hydroxylation is 1. The van der Waals surface area contributed by atoms with Gasteiger partial charge >= 0.3 is 5.97 Å². The van der Waals surface area contributed by atoms with Gasteiger partial charge < -0.3 is 5.11 Å². The summed E-state index contributed by atoms with van der Waals surface area (Å²) in [5.41, 5.74) is 3.70. The summed E-state index contributed by atoms with van der Waals surface area (Å²) in [6.45, 7) is 4.19. The molecule has 1 aromatic carbocycles. The van der Waals surface area contributed by atoms with Gasteiger partial charge in [0, 0.05) is 5.41 Å². The van der Waals surface area contributed by atoms with Gasteiger partial charge in [-0.3, -0.25) is 4.79 Å². The molecule has 1 fully saturated rings. The molecule has 86 valence electrons. The maximum absolute atomic E-state index is 11.0. The largest absolute Gasteiger partial charge is 0.481 e. The molecule has 2 nitrogen and oxygen atoms in total. The highest BCUT2D eigenvalue weighted by atomic mass is 16.4. The summed E-state index contributed by atoms with van der Waals surface area (Å²) in [6.07, 6.45) is 3.46. The zero-order chi connectivity index (χ0) is 11.8. The van der Waals surface area contributed by atoms with Gasteiger partial charge in [-0.05, 0) is 43.4 Å². The molecule has 0 bridgehead atoms. The van der Waals surface area contributed by atoms with Crippen LogP contribution >= 0.6 is 0 Å². The molecule has 0 heterocycles. The van der Waals surface area contributed by atoms with Crippen molar-refractivity contribution in [2.45, 2.75) is 44.9 Å². The molecule has 0 unspecified atom stereocenters. The molecule has 1 N–H and O–H groups in total. The Labute approximate surface area is 96.3 Å². The van der Waals surface area contributed by atoms with E-state index in [-0.39, 0.29) is 11.8 Å². The van der Waals surface area contributed by atoms with Crippen LogP contribution in [0.15, 0.2) is 18.2 Å². The predicted octanol–water partition coefficient (Wildman–Crippen LogP) is 3.20. The summed E-state index contributed by atoms with van der Waals surface area (Å²) in [7, 11) is 0. The van der Waals surface area contributed by atoms with Crippen molar-refractivity contribution in [2.24, 2.45) is 0 Å². The Morgan fingerprint density at radius 1 is 1.38 bits per heavy atom. The van der Waals surface area contributed by atoms with E-state index >= 15 is 0 Å². The maximum Gasteiger partial charge on any atom is 0.304 e. The van der Waals surface area contributed by atoms with Crippen LogP contribution in [0, 0.1) is 13.8 Å². The van der Waals surface area contributed by atoms with Crippen molar-refractivity contribution in [3.05, 3.63) is 34.9 Å². The van der Waals surface area contributed by atoms with Gasteiger partial charge in [0.05, 0.1) is 6.42 Å². The molecule has 0 aromatic heterocycles. The van der Waals surface area contributed by atoms with Gasteiger partial charge in [-0.2, -0.15) is 0 Å². The second-order valence-corrected chi connectivity index (χ2v) is 4.95. The minimum Gasteiger partial charge on any atom is -0.481 e. The number of carboxylic acids is 1. The number of hydrogen-bond donors (Lipinski definition) is 1. The highest BCUT2D eigenvalue weighted by molar-refractivity contribution is 5.69. The van der Waals surface area contributed by atoms with Gasteiger partial charge in [0.2, 0.25) is 0 Å². The first-order valence-electron chi connectivity index (χ1n) is 5.84. The summed E-state index contributed by atoms with van der Waals surface area (Å²) in [5.74, 6) is -0.680. The molecule has 2 rings (SSSR count). The minimum absolute atomic E-state index is 0.0814. The van der Waals surface area contributed by atoms with Crippen molar-refractivity contribution in [3.63, 3.8) is 0 Å². The smallest absolute Gasteiger partial charge is 0.304 e. The lowest BCUT2D eigenvalue weighted by Gasteiger charge is -2.42. The Morgan fingerprint density at radius 3 is 2.56 bits per heavy atom. The molecule has 0 aliphatic heterocycles. The monoisotopic (exact) mass is 218 g/mol. The molecule has 0 amide bonds. The minimum atomic E-state index is -0.680. The average molecular weight is 218 g/mol. The van der Waals surface area contributed by atoms with Crippen LogP contribution in [0.4, 0.5) is 0 Å². The summed E-state index contributed by atoms with van der Waals surface area (Å²) in [5, 5.41) is 9.04. The Bertz CT molecular complexity index is 417. The highest BCUT2D eigenvalue weighted by Gasteiger charge is 2.41. The zero-order valence-corrected chi connectivity index (χ0v) is 9.92. The molecule has 1 aliphatic carbocycles. The Kier molecular flexibility index (Phi) is 2.75. The van der Waals surface area contributed by atoms with Gasteiger partial charge in [0.1, 0.15) is 0 Å². The lowest BCUT2D eigenvalue weighted by molar-refractivity contribution is -0.139. The molecule has 0 spiro atoms. The molecule has 0 saturated heterocycles. The van der Waals surface area contributed by atoms with Gasteiger partial charge in [-0.15, -0.1) is 0 Å². The predicted molar refractivity (Wildman–Crippen MR) is 63.7 cm³/mol.